The normalized spacial score (nSPS) is 15.3. The van der Waals surface area contributed by atoms with Gasteiger partial charge in [-0.1, -0.05) is 0 Å². The minimum atomic E-state index is -0.759. The van der Waals surface area contributed by atoms with E-state index in [0.29, 0.717) is 45.4 Å². The van der Waals surface area contributed by atoms with Crippen LogP contribution < -0.4 is 9.47 Å². The third-order valence-corrected chi connectivity index (χ3v) is 4.06. The number of amides is 1. The molecule has 0 atom stereocenters. The monoisotopic (exact) mass is 321 g/mol. The fourth-order valence-electron chi connectivity index (χ4n) is 2.62. The van der Waals surface area contributed by atoms with Gasteiger partial charge in [0.15, 0.2) is 0 Å². The average Bonchev–Trinajstić information content (AvgIpc) is 2.59. The molecule has 1 amide bonds. The fraction of sp³-hybridized carbons (Fsp3) is 0.529. The lowest BCUT2D eigenvalue weighted by atomic mass is 9.97. The van der Waals surface area contributed by atoms with E-state index in [-0.39, 0.29) is 11.8 Å². The zero-order valence-corrected chi connectivity index (χ0v) is 13.4. The van der Waals surface area contributed by atoms with Gasteiger partial charge in [0.25, 0.3) is 0 Å². The molecule has 1 aliphatic rings. The SMILES string of the molecule is COc1ccc(OCCCC(=O)N2CCC(C(=O)O)CC2)cc1. The Kier molecular flexibility index (Phi) is 6.26. The fourth-order valence-corrected chi connectivity index (χ4v) is 2.62. The molecular weight excluding hydrogens is 298 g/mol. The Labute approximate surface area is 136 Å². The Morgan fingerprint density at radius 3 is 2.35 bits per heavy atom. The van der Waals surface area contributed by atoms with Crippen molar-refractivity contribution in [2.75, 3.05) is 26.8 Å². The molecule has 0 aromatic heterocycles. The second-order valence-corrected chi connectivity index (χ2v) is 5.62. The number of piperidine rings is 1. The number of carbonyl (C=O) groups is 2. The zero-order valence-electron chi connectivity index (χ0n) is 13.4. The third kappa shape index (κ3) is 5.16. The highest BCUT2D eigenvalue weighted by molar-refractivity contribution is 5.77. The van der Waals surface area contributed by atoms with Gasteiger partial charge in [0.2, 0.25) is 5.91 Å². The van der Waals surface area contributed by atoms with Crippen LogP contribution in [0.4, 0.5) is 0 Å². The van der Waals surface area contributed by atoms with Crippen molar-refractivity contribution in [3.05, 3.63) is 24.3 Å². The number of nitrogens with zero attached hydrogens (tertiary/aromatic N) is 1. The molecule has 6 heteroatoms. The molecule has 23 heavy (non-hydrogen) atoms. The molecule has 0 aliphatic carbocycles. The molecule has 1 aliphatic heterocycles. The van der Waals surface area contributed by atoms with Gasteiger partial charge in [0, 0.05) is 19.5 Å². The highest BCUT2D eigenvalue weighted by Crippen LogP contribution is 2.19. The number of carboxylic acid groups (broad SMARTS) is 1. The van der Waals surface area contributed by atoms with E-state index in [4.69, 9.17) is 14.6 Å². The number of methoxy groups -OCH3 is 1. The van der Waals surface area contributed by atoms with Gasteiger partial charge in [-0.15, -0.1) is 0 Å². The van der Waals surface area contributed by atoms with Gasteiger partial charge < -0.3 is 19.5 Å². The number of hydrogen-bond donors (Lipinski definition) is 1. The van der Waals surface area contributed by atoms with Gasteiger partial charge in [-0.05, 0) is 43.5 Å². The summed E-state index contributed by atoms with van der Waals surface area (Å²) in [5, 5.41) is 8.95. The number of carboxylic acids is 1. The number of ether oxygens (including phenoxy) is 2. The maximum absolute atomic E-state index is 12.1. The van der Waals surface area contributed by atoms with E-state index in [1.54, 1.807) is 12.0 Å². The number of likely N-dealkylation sites (tertiary alicyclic amines) is 1. The Balaban J connectivity index is 1.64. The van der Waals surface area contributed by atoms with Crippen LogP contribution >= 0.6 is 0 Å². The highest BCUT2D eigenvalue weighted by atomic mass is 16.5. The lowest BCUT2D eigenvalue weighted by molar-refractivity contribution is -0.145. The lowest BCUT2D eigenvalue weighted by Crippen LogP contribution is -2.40. The molecule has 1 aromatic carbocycles. The van der Waals surface area contributed by atoms with Crippen LogP contribution in [0.3, 0.4) is 0 Å². The van der Waals surface area contributed by atoms with E-state index in [1.807, 2.05) is 24.3 Å². The maximum Gasteiger partial charge on any atom is 0.306 e. The third-order valence-electron chi connectivity index (χ3n) is 4.06. The Morgan fingerprint density at radius 2 is 1.78 bits per heavy atom. The first kappa shape index (κ1) is 17.1. The quantitative estimate of drug-likeness (QED) is 0.779. The second-order valence-electron chi connectivity index (χ2n) is 5.62. The largest absolute Gasteiger partial charge is 0.497 e. The number of carbonyl (C=O) groups excluding carboxylic acids is 1. The van der Waals surface area contributed by atoms with Crippen LogP contribution in [0.2, 0.25) is 0 Å². The number of hydrogen-bond acceptors (Lipinski definition) is 4. The first-order valence-corrected chi connectivity index (χ1v) is 7.87. The summed E-state index contributed by atoms with van der Waals surface area (Å²) in [4.78, 5) is 24.7. The van der Waals surface area contributed by atoms with Gasteiger partial charge >= 0.3 is 5.97 Å². The van der Waals surface area contributed by atoms with Crippen molar-refractivity contribution in [1.29, 1.82) is 0 Å². The van der Waals surface area contributed by atoms with E-state index in [9.17, 15) is 9.59 Å². The molecule has 0 spiro atoms. The molecule has 1 saturated heterocycles. The van der Waals surface area contributed by atoms with Crippen LogP contribution in [-0.4, -0.2) is 48.7 Å². The number of aliphatic carboxylic acids is 1. The van der Waals surface area contributed by atoms with Crippen molar-refractivity contribution in [2.24, 2.45) is 5.92 Å². The molecule has 1 aromatic rings. The molecule has 0 unspecified atom stereocenters. The van der Waals surface area contributed by atoms with Crippen LogP contribution in [0.1, 0.15) is 25.7 Å². The van der Waals surface area contributed by atoms with Crippen LogP contribution in [0, 0.1) is 5.92 Å². The van der Waals surface area contributed by atoms with Crippen molar-refractivity contribution in [3.63, 3.8) is 0 Å². The summed E-state index contributed by atoms with van der Waals surface area (Å²) < 4.78 is 10.7. The summed E-state index contributed by atoms with van der Waals surface area (Å²) in [6.45, 7) is 1.55. The Bertz CT molecular complexity index is 520. The molecule has 1 N–H and O–H groups in total. The van der Waals surface area contributed by atoms with Crippen molar-refractivity contribution >= 4 is 11.9 Å². The van der Waals surface area contributed by atoms with Crippen molar-refractivity contribution in [3.8, 4) is 11.5 Å². The van der Waals surface area contributed by atoms with Crippen molar-refractivity contribution in [1.82, 2.24) is 4.90 Å². The number of benzene rings is 1. The summed E-state index contributed by atoms with van der Waals surface area (Å²) >= 11 is 0. The van der Waals surface area contributed by atoms with Gasteiger partial charge in [-0.25, -0.2) is 0 Å². The molecule has 0 bridgehead atoms. The second kappa shape index (κ2) is 8.41. The van der Waals surface area contributed by atoms with Crippen LogP contribution in [0.5, 0.6) is 11.5 Å². The molecule has 1 fully saturated rings. The molecule has 1 heterocycles. The Hall–Kier alpha value is -2.24. The summed E-state index contributed by atoms with van der Waals surface area (Å²) in [7, 11) is 1.61. The molecule has 126 valence electrons. The highest BCUT2D eigenvalue weighted by Gasteiger charge is 2.26. The van der Waals surface area contributed by atoms with E-state index < -0.39 is 5.97 Å². The summed E-state index contributed by atoms with van der Waals surface area (Å²) in [5.74, 6) is 0.535. The first-order valence-electron chi connectivity index (χ1n) is 7.87. The summed E-state index contributed by atoms with van der Waals surface area (Å²) in [6.07, 6.45) is 2.16. The predicted molar refractivity (Wildman–Crippen MR) is 84.7 cm³/mol. The van der Waals surface area contributed by atoms with Crippen LogP contribution in [0.15, 0.2) is 24.3 Å². The van der Waals surface area contributed by atoms with Gasteiger partial charge in [-0.3, -0.25) is 9.59 Å². The molecule has 6 nitrogen and oxygen atoms in total. The Morgan fingerprint density at radius 1 is 1.17 bits per heavy atom. The maximum atomic E-state index is 12.1. The van der Waals surface area contributed by atoms with Gasteiger partial charge in [-0.2, -0.15) is 0 Å². The van der Waals surface area contributed by atoms with Crippen molar-refractivity contribution < 1.29 is 24.2 Å². The molecular formula is C17H23NO5. The molecule has 2 rings (SSSR count). The standard InChI is InChI=1S/C17H23NO5/c1-22-14-4-6-15(7-5-14)23-12-2-3-16(19)18-10-8-13(9-11-18)17(20)21/h4-7,13H,2-3,8-12H2,1H3,(H,20,21). The van der Waals surface area contributed by atoms with E-state index in [0.717, 1.165) is 11.5 Å². The lowest BCUT2D eigenvalue weighted by Gasteiger charge is -2.30. The minimum Gasteiger partial charge on any atom is -0.497 e. The predicted octanol–water partition coefficient (Wildman–Crippen LogP) is 2.18. The van der Waals surface area contributed by atoms with Gasteiger partial charge in [0.1, 0.15) is 11.5 Å². The average molecular weight is 321 g/mol. The molecule has 0 radical (unpaired) electrons. The van der Waals surface area contributed by atoms with Crippen LogP contribution in [0.25, 0.3) is 0 Å². The minimum absolute atomic E-state index is 0.0761. The van der Waals surface area contributed by atoms with E-state index >= 15 is 0 Å². The zero-order chi connectivity index (χ0) is 16.7. The topological polar surface area (TPSA) is 76.1 Å². The van der Waals surface area contributed by atoms with E-state index in [2.05, 4.69) is 0 Å². The molecule has 0 saturated carbocycles. The van der Waals surface area contributed by atoms with Crippen molar-refractivity contribution in [2.45, 2.75) is 25.7 Å². The smallest absolute Gasteiger partial charge is 0.306 e. The first-order chi connectivity index (χ1) is 11.1. The number of rotatable bonds is 7. The van der Waals surface area contributed by atoms with E-state index in [1.165, 1.54) is 0 Å². The van der Waals surface area contributed by atoms with Gasteiger partial charge in [0.05, 0.1) is 19.6 Å². The van der Waals surface area contributed by atoms with Crippen LogP contribution in [-0.2, 0) is 9.59 Å². The summed E-state index contributed by atoms with van der Waals surface area (Å²) in [5.41, 5.74) is 0. The summed E-state index contributed by atoms with van der Waals surface area (Å²) in [6, 6.07) is 7.31.